The van der Waals surface area contributed by atoms with Crippen LogP contribution in [-0.2, 0) is 11.3 Å². The van der Waals surface area contributed by atoms with Gasteiger partial charge in [0.25, 0.3) is 11.1 Å². The third kappa shape index (κ3) is 3.51. The van der Waals surface area contributed by atoms with Crippen LogP contribution in [0.5, 0.6) is 0 Å². The Morgan fingerprint density at radius 3 is 2.35 bits per heavy atom. The van der Waals surface area contributed by atoms with Crippen LogP contribution in [0.3, 0.4) is 0 Å². The Morgan fingerprint density at radius 2 is 1.70 bits per heavy atom. The molecule has 2 aromatic carbocycles. The van der Waals surface area contributed by atoms with Crippen LogP contribution < -0.4 is 0 Å². The number of amides is 2. The van der Waals surface area contributed by atoms with Crippen molar-refractivity contribution in [2.24, 2.45) is 0 Å². The molecule has 116 valence electrons. The molecule has 3 rings (SSSR count). The third-order valence-corrected chi connectivity index (χ3v) is 4.41. The van der Waals surface area contributed by atoms with Crippen molar-refractivity contribution in [3.8, 4) is 0 Å². The van der Waals surface area contributed by atoms with Gasteiger partial charge in [-0.15, -0.1) is 0 Å². The number of carbonyl (C=O) groups is 2. The van der Waals surface area contributed by atoms with Crippen LogP contribution in [0.4, 0.5) is 9.18 Å². The first-order valence-corrected chi connectivity index (χ1v) is 7.91. The predicted octanol–water partition coefficient (Wildman–Crippen LogP) is 4.37. The first-order valence-electron chi connectivity index (χ1n) is 7.09. The molecule has 1 aliphatic heterocycles. The van der Waals surface area contributed by atoms with Crippen molar-refractivity contribution in [2.45, 2.75) is 13.5 Å². The van der Waals surface area contributed by atoms with Gasteiger partial charge in [0.15, 0.2) is 0 Å². The van der Waals surface area contributed by atoms with E-state index in [9.17, 15) is 14.0 Å². The smallest absolute Gasteiger partial charge is 0.268 e. The van der Waals surface area contributed by atoms with E-state index < -0.39 is 0 Å². The Balaban J connectivity index is 1.79. The molecule has 0 atom stereocenters. The Morgan fingerprint density at radius 1 is 1.04 bits per heavy atom. The highest BCUT2D eigenvalue weighted by molar-refractivity contribution is 8.18. The van der Waals surface area contributed by atoms with Gasteiger partial charge in [0.2, 0.25) is 0 Å². The molecule has 5 heteroatoms. The van der Waals surface area contributed by atoms with Gasteiger partial charge in [0.05, 0.1) is 11.4 Å². The molecule has 1 saturated heterocycles. The molecule has 0 saturated carbocycles. The van der Waals surface area contributed by atoms with E-state index in [2.05, 4.69) is 0 Å². The highest BCUT2D eigenvalue weighted by atomic mass is 32.2. The first-order chi connectivity index (χ1) is 11.0. The zero-order chi connectivity index (χ0) is 16.4. The van der Waals surface area contributed by atoms with Crippen molar-refractivity contribution in [3.63, 3.8) is 0 Å². The summed E-state index contributed by atoms with van der Waals surface area (Å²) in [5.74, 6) is -0.660. The summed E-state index contributed by atoms with van der Waals surface area (Å²) in [5.41, 5.74) is 2.72. The van der Waals surface area contributed by atoms with E-state index in [4.69, 9.17) is 0 Å². The molecule has 2 aromatic rings. The number of thioether (sulfide) groups is 1. The predicted molar refractivity (Wildman–Crippen MR) is 89.1 cm³/mol. The normalized spacial score (nSPS) is 16.4. The van der Waals surface area contributed by atoms with Gasteiger partial charge >= 0.3 is 0 Å². The quantitative estimate of drug-likeness (QED) is 0.786. The van der Waals surface area contributed by atoms with Gasteiger partial charge in [-0.1, -0.05) is 42.0 Å². The average molecular weight is 327 g/mol. The molecule has 23 heavy (non-hydrogen) atoms. The molecule has 0 N–H and O–H groups in total. The molecule has 0 radical (unpaired) electrons. The van der Waals surface area contributed by atoms with Crippen LogP contribution in [0.2, 0.25) is 0 Å². The van der Waals surface area contributed by atoms with Crippen molar-refractivity contribution in [1.82, 2.24) is 4.90 Å². The highest BCUT2D eigenvalue weighted by Crippen LogP contribution is 2.33. The third-order valence-electron chi connectivity index (χ3n) is 3.50. The van der Waals surface area contributed by atoms with Crippen LogP contribution in [0.1, 0.15) is 16.7 Å². The van der Waals surface area contributed by atoms with Gasteiger partial charge in [-0.2, -0.15) is 0 Å². The molecule has 2 amide bonds. The monoisotopic (exact) mass is 327 g/mol. The molecule has 0 spiro atoms. The zero-order valence-corrected chi connectivity index (χ0v) is 13.3. The fourth-order valence-corrected chi connectivity index (χ4v) is 3.06. The number of imide groups is 1. The summed E-state index contributed by atoms with van der Waals surface area (Å²) in [4.78, 5) is 26.0. The van der Waals surface area contributed by atoms with Crippen LogP contribution in [0.25, 0.3) is 6.08 Å². The number of hydrogen-bond donors (Lipinski definition) is 0. The van der Waals surface area contributed by atoms with Gasteiger partial charge in [-0.3, -0.25) is 14.5 Å². The van der Waals surface area contributed by atoms with E-state index in [-0.39, 0.29) is 23.5 Å². The number of benzene rings is 2. The molecule has 0 bridgehead atoms. The van der Waals surface area contributed by atoms with Crippen molar-refractivity contribution in [2.75, 3.05) is 0 Å². The standard InChI is InChI=1S/C18H14FNO2S/c1-12-2-4-13(5-3-12)10-16-17(21)20(18(22)23-16)11-14-6-8-15(19)9-7-14/h2-10H,11H2,1H3/b16-10+. The van der Waals surface area contributed by atoms with Gasteiger partial charge in [-0.05, 0) is 48.0 Å². The van der Waals surface area contributed by atoms with Crippen LogP contribution in [0, 0.1) is 12.7 Å². The van der Waals surface area contributed by atoms with E-state index in [0.717, 1.165) is 22.9 Å². The van der Waals surface area contributed by atoms with Crippen LogP contribution >= 0.6 is 11.8 Å². The summed E-state index contributed by atoms with van der Waals surface area (Å²) >= 11 is 0.928. The molecule has 1 fully saturated rings. The second-order valence-corrected chi connectivity index (χ2v) is 6.30. The summed E-state index contributed by atoms with van der Waals surface area (Å²) in [5, 5.41) is -0.308. The summed E-state index contributed by atoms with van der Waals surface area (Å²) in [6, 6.07) is 13.5. The van der Waals surface area contributed by atoms with Crippen LogP contribution in [0.15, 0.2) is 53.4 Å². The highest BCUT2D eigenvalue weighted by Gasteiger charge is 2.34. The van der Waals surface area contributed by atoms with E-state index in [1.807, 2.05) is 31.2 Å². The molecule has 0 aromatic heterocycles. The number of rotatable bonds is 3. The molecule has 0 unspecified atom stereocenters. The minimum Gasteiger partial charge on any atom is -0.268 e. The lowest BCUT2D eigenvalue weighted by molar-refractivity contribution is -0.123. The molecule has 1 aliphatic rings. The number of nitrogens with zero attached hydrogens (tertiary/aromatic N) is 1. The van der Waals surface area contributed by atoms with Gasteiger partial charge in [0, 0.05) is 0 Å². The fraction of sp³-hybridized carbons (Fsp3) is 0.111. The number of hydrogen-bond acceptors (Lipinski definition) is 3. The van der Waals surface area contributed by atoms with Crippen LogP contribution in [-0.4, -0.2) is 16.0 Å². The lowest BCUT2D eigenvalue weighted by Gasteiger charge is -2.12. The van der Waals surface area contributed by atoms with E-state index >= 15 is 0 Å². The average Bonchev–Trinajstić information content (AvgIpc) is 2.79. The SMILES string of the molecule is Cc1ccc(/C=C2/SC(=O)N(Cc3ccc(F)cc3)C2=O)cc1. The van der Waals surface area contributed by atoms with E-state index in [1.54, 1.807) is 18.2 Å². The summed E-state index contributed by atoms with van der Waals surface area (Å²) < 4.78 is 12.9. The maximum atomic E-state index is 12.9. The van der Waals surface area contributed by atoms with Gasteiger partial charge in [0.1, 0.15) is 5.82 Å². The lowest BCUT2D eigenvalue weighted by Crippen LogP contribution is -2.27. The van der Waals surface area contributed by atoms with Crippen molar-refractivity contribution in [3.05, 3.63) is 75.9 Å². The number of halogens is 1. The number of aryl methyl sites for hydroxylation is 1. The largest absolute Gasteiger partial charge is 0.293 e. The molecular formula is C18H14FNO2S. The molecule has 0 aliphatic carbocycles. The Kier molecular flexibility index (Phi) is 4.30. The van der Waals surface area contributed by atoms with Gasteiger partial charge < -0.3 is 0 Å². The van der Waals surface area contributed by atoms with Crippen molar-refractivity contribution in [1.29, 1.82) is 0 Å². The fourth-order valence-electron chi connectivity index (χ4n) is 2.22. The second kappa shape index (κ2) is 6.38. The van der Waals surface area contributed by atoms with E-state index in [1.165, 1.54) is 17.0 Å². The van der Waals surface area contributed by atoms with E-state index in [0.29, 0.717) is 10.5 Å². The molecular weight excluding hydrogens is 313 g/mol. The maximum Gasteiger partial charge on any atom is 0.293 e. The van der Waals surface area contributed by atoms with Crippen molar-refractivity contribution >= 4 is 29.0 Å². The molecule has 1 heterocycles. The first kappa shape index (κ1) is 15.5. The minimum absolute atomic E-state index is 0.149. The summed E-state index contributed by atoms with van der Waals surface area (Å²) in [6.07, 6.45) is 1.72. The zero-order valence-electron chi connectivity index (χ0n) is 12.5. The Labute approximate surface area is 137 Å². The Hall–Kier alpha value is -2.40. The Bertz CT molecular complexity index is 782. The summed E-state index contributed by atoms with van der Waals surface area (Å²) in [6.45, 7) is 2.14. The topological polar surface area (TPSA) is 37.4 Å². The second-order valence-electron chi connectivity index (χ2n) is 5.31. The summed E-state index contributed by atoms with van der Waals surface area (Å²) in [7, 11) is 0. The maximum absolute atomic E-state index is 12.9. The van der Waals surface area contributed by atoms with Crippen molar-refractivity contribution < 1.29 is 14.0 Å². The molecule has 3 nitrogen and oxygen atoms in total. The lowest BCUT2D eigenvalue weighted by atomic mass is 10.1. The minimum atomic E-state index is -0.345. The van der Waals surface area contributed by atoms with Gasteiger partial charge in [-0.25, -0.2) is 4.39 Å². The number of carbonyl (C=O) groups excluding carboxylic acids is 2.